The molecule has 0 aromatic rings. The van der Waals surface area contributed by atoms with Gasteiger partial charge in [-0.2, -0.15) is 0 Å². The number of rotatable bonds is 41. The molecule has 0 spiro atoms. The summed E-state index contributed by atoms with van der Waals surface area (Å²) in [5, 5.41) is 0. The molecule has 3 atom stereocenters. The highest BCUT2D eigenvalue weighted by molar-refractivity contribution is 5.76. The molecule has 0 heterocycles. The van der Waals surface area contributed by atoms with E-state index in [1.165, 1.54) is 103 Å². The Kier molecular flexibility index (Phi) is 37.8. The van der Waals surface area contributed by atoms with Crippen LogP contribution >= 0.6 is 0 Å². The first-order valence-corrected chi connectivity index (χ1v) is 23.2. The summed E-state index contributed by atoms with van der Waals surface area (Å²) >= 11 is 0. The number of unbranched alkanes of at least 4 members (excludes halogenated alkanes) is 21. The van der Waals surface area contributed by atoms with Crippen LogP contribution in [0.4, 0.5) is 4.39 Å². The molecule has 3 unspecified atom stereocenters. The van der Waals surface area contributed by atoms with Crippen molar-refractivity contribution < 1.29 is 18.7 Å². The SMILES string of the molecule is C=CCCCCC(CCCCCC)OC(=O)C(F)CCCCCCC(CCCCCCCCC)N(CCCCCCCCCC)C(=O)CCCN(C)C. The monoisotopic (exact) mass is 751 g/mol. The fourth-order valence-electron chi connectivity index (χ4n) is 7.54. The number of halogens is 1. The van der Waals surface area contributed by atoms with E-state index in [-0.39, 0.29) is 12.5 Å². The Morgan fingerprint density at radius 1 is 0.566 bits per heavy atom. The molecule has 0 radical (unpaired) electrons. The second-order valence-corrected chi connectivity index (χ2v) is 16.5. The predicted molar refractivity (Wildman–Crippen MR) is 228 cm³/mol. The minimum absolute atomic E-state index is 0.171. The van der Waals surface area contributed by atoms with Crippen molar-refractivity contribution in [3.05, 3.63) is 12.7 Å². The van der Waals surface area contributed by atoms with Crippen LogP contribution in [0.15, 0.2) is 12.7 Å². The van der Waals surface area contributed by atoms with Gasteiger partial charge in [0.25, 0.3) is 0 Å². The van der Waals surface area contributed by atoms with Crippen molar-refractivity contribution in [1.82, 2.24) is 9.80 Å². The van der Waals surface area contributed by atoms with E-state index in [1.807, 2.05) is 6.08 Å². The Hall–Kier alpha value is -1.43. The maximum Gasteiger partial charge on any atom is 0.340 e. The van der Waals surface area contributed by atoms with E-state index < -0.39 is 12.1 Å². The summed E-state index contributed by atoms with van der Waals surface area (Å²) in [6.07, 6.45) is 36.1. The zero-order valence-corrected chi connectivity index (χ0v) is 36.3. The molecule has 0 saturated carbocycles. The van der Waals surface area contributed by atoms with Gasteiger partial charge in [-0.15, -0.1) is 6.58 Å². The van der Waals surface area contributed by atoms with Gasteiger partial charge in [-0.05, 0) is 97.7 Å². The number of amides is 1. The number of nitrogens with zero attached hydrogens (tertiary/aromatic N) is 2. The maximum atomic E-state index is 15.0. The first-order chi connectivity index (χ1) is 25.8. The predicted octanol–water partition coefficient (Wildman–Crippen LogP) is 14.1. The second kappa shape index (κ2) is 38.8. The van der Waals surface area contributed by atoms with Gasteiger partial charge in [0, 0.05) is 19.0 Å². The molecule has 6 heteroatoms. The fourth-order valence-corrected chi connectivity index (χ4v) is 7.54. The standard InChI is InChI=1S/C47H91FN2O3/c1-7-11-15-19-21-23-27-33-42-50(46(51)40-34-41-49(5)6)43(35-28-24-22-20-16-12-8-2)36-29-25-26-32-39-45(48)47(52)53-44(37-30-17-13-9-3)38-31-18-14-10-4/h9,43-45H,3,7-8,10-42H2,1-2,4-6H3. The maximum absolute atomic E-state index is 15.0. The van der Waals surface area contributed by atoms with Crippen LogP contribution in [-0.4, -0.2) is 67.2 Å². The molecule has 1 amide bonds. The first kappa shape index (κ1) is 51.6. The largest absolute Gasteiger partial charge is 0.460 e. The molecule has 0 aromatic heterocycles. The van der Waals surface area contributed by atoms with E-state index in [4.69, 9.17) is 4.74 Å². The average molecular weight is 751 g/mol. The lowest BCUT2D eigenvalue weighted by Crippen LogP contribution is -2.41. The van der Waals surface area contributed by atoms with Gasteiger partial charge < -0.3 is 14.5 Å². The minimum Gasteiger partial charge on any atom is -0.460 e. The van der Waals surface area contributed by atoms with Crippen LogP contribution in [0.3, 0.4) is 0 Å². The van der Waals surface area contributed by atoms with E-state index in [9.17, 15) is 9.59 Å². The zero-order valence-electron chi connectivity index (χ0n) is 36.3. The van der Waals surface area contributed by atoms with Crippen LogP contribution < -0.4 is 0 Å². The average Bonchev–Trinajstić information content (AvgIpc) is 3.14. The lowest BCUT2D eigenvalue weighted by Gasteiger charge is -2.33. The Morgan fingerprint density at radius 2 is 1.00 bits per heavy atom. The Morgan fingerprint density at radius 3 is 1.51 bits per heavy atom. The number of carbonyl (C=O) groups excluding carboxylic acids is 2. The van der Waals surface area contributed by atoms with Crippen molar-refractivity contribution in [3.8, 4) is 0 Å². The molecule has 0 rings (SSSR count). The highest BCUT2D eigenvalue weighted by atomic mass is 19.1. The summed E-state index contributed by atoms with van der Waals surface area (Å²) in [5.74, 6) is -0.320. The molecule has 0 aromatic carbocycles. The highest BCUT2D eigenvalue weighted by Crippen LogP contribution is 2.23. The van der Waals surface area contributed by atoms with E-state index in [0.717, 1.165) is 103 Å². The van der Waals surface area contributed by atoms with E-state index in [0.29, 0.717) is 24.8 Å². The summed E-state index contributed by atoms with van der Waals surface area (Å²) in [4.78, 5) is 30.9. The van der Waals surface area contributed by atoms with Crippen LogP contribution in [0, 0.1) is 0 Å². The number of carbonyl (C=O) groups is 2. The van der Waals surface area contributed by atoms with Crippen LogP contribution in [0.25, 0.3) is 0 Å². The summed E-state index contributed by atoms with van der Waals surface area (Å²) < 4.78 is 20.7. The zero-order chi connectivity index (χ0) is 39.2. The molecule has 0 N–H and O–H groups in total. The van der Waals surface area contributed by atoms with Crippen molar-refractivity contribution in [2.45, 2.75) is 251 Å². The van der Waals surface area contributed by atoms with Crippen LogP contribution in [0.5, 0.6) is 0 Å². The van der Waals surface area contributed by atoms with Gasteiger partial charge in [0.1, 0.15) is 6.10 Å². The normalized spacial score (nSPS) is 13.3. The third-order valence-corrected chi connectivity index (χ3v) is 11.0. The van der Waals surface area contributed by atoms with Crippen molar-refractivity contribution in [3.63, 3.8) is 0 Å². The van der Waals surface area contributed by atoms with Crippen molar-refractivity contribution in [2.75, 3.05) is 27.2 Å². The molecule has 314 valence electrons. The number of allylic oxidation sites excluding steroid dienone is 1. The molecule has 0 aliphatic heterocycles. The summed E-state index contributed by atoms with van der Waals surface area (Å²) in [6.45, 7) is 12.4. The van der Waals surface area contributed by atoms with E-state index >= 15 is 4.39 Å². The Bertz CT molecular complexity index is 822. The smallest absolute Gasteiger partial charge is 0.340 e. The number of hydrogen-bond donors (Lipinski definition) is 0. The van der Waals surface area contributed by atoms with Gasteiger partial charge in [-0.1, -0.05) is 155 Å². The Balaban J connectivity index is 5.11. The number of esters is 1. The molecule has 0 saturated heterocycles. The first-order valence-electron chi connectivity index (χ1n) is 23.2. The van der Waals surface area contributed by atoms with Gasteiger partial charge in [0.05, 0.1) is 0 Å². The lowest BCUT2D eigenvalue weighted by molar-refractivity contribution is -0.156. The molecule has 0 aliphatic rings. The quantitative estimate of drug-likeness (QED) is 0.0355. The van der Waals surface area contributed by atoms with E-state index in [2.05, 4.69) is 51.2 Å². The topological polar surface area (TPSA) is 49.9 Å². The van der Waals surface area contributed by atoms with Gasteiger partial charge in [-0.25, -0.2) is 9.18 Å². The molecule has 5 nitrogen and oxygen atoms in total. The van der Waals surface area contributed by atoms with Crippen LogP contribution in [0.1, 0.15) is 233 Å². The minimum atomic E-state index is -1.53. The third-order valence-electron chi connectivity index (χ3n) is 11.0. The number of alkyl halides is 1. The van der Waals surface area contributed by atoms with Gasteiger partial charge >= 0.3 is 5.97 Å². The molecule has 0 bridgehead atoms. The Labute approximate surface area is 330 Å². The summed E-state index contributed by atoms with van der Waals surface area (Å²) in [7, 11) is 4.17. The number of ether oxygens (including phenoxy) is 1. The van der Waals surface area contributed by atoms with Crippen molar-refractivity contribution in [1.29, 1.82) is 0 Å². The van der Waals surface area contributed by atoms with Gasteiger partial charge in [0.15, 0.2) is 6.17 Å². The number of hydrogen-bond acceptors (Lipinski definition) is 4. The summed E-state index contributed by atoms with van der Waals surface area (Å²) in [5.41, 5.74) is 0. The molecule has 0 aliphatic carbocycles. The molecule has 0 fully saturated rings. The van der Waals surface area contributed by atoms with E-state index in [1.54, 1.807) is 0 Å². The van der Waals surface area contributed by atoms with Crippen molar-refractivity contribution >= 4 is 11.9 Å². The molecular formula is C47H91FN2O3. The summed E-state index contributed by atoms with van der Waals surface area (Å²) in [6, 6.07) is 0.298. The highest BCUT2D eigenvalue weighted by Gasteiger charge is 2.24. The lowest BCUT2D eigenvalue weighted by atomic mass is 9.97. The van der Waals surface area contributed by atoms with Gasteiger partial charge in [-0.3, -0.25) is 4.79 Å². The van der Waals surface area contributed by atoms with Gasteiger partial charge in [0.2, 0.25) is 5.91 Å². The fraction of sp³-hybridized carbons (Fsp3) is 0.915. The van der Waals surface area contributed by atoms with Crippen LogP contribution in [0.2, 0.25) is 0 Å². The van der Waals surface area contributed by atoms with Crippen LogP contribution in [-0.2, 0) is 14.3 Å². The molecule has 53 heavy (non-hydrogen) atoms. The molecular weight excluding hydrogens is 660 g/mol. The van der Waals surface area contributed by atoms with Crippen molar-refractivity contribution in [2.24, 2.45) is 0 Å². The third kappa shape index (κ3) is 32.5. The second-order valence-electron chi connectivity index (χ2n) is 16.5.